The van der Waals surface area contributed by atoms with E-state index in [-0.39, 0.29) is 30.0 Å². The summed E-state index contributed by atoms with van der Waals surface area (Å²) >= 11 is 0. The normalized spacial score (nSPS) is 13.6. The van der Waals surface area contributed by atoms with E-state index in [0.717, 1.165) is 5.56 Å². The van der Waals surface area contributed by atoms with Gasteiger partial charge < -0.3 is 19.8 Å². The third kappa shape index (κ3) is 2.78. The van der Waals surface area contributed by atoms with Crippen LogP contribution in [0.4, 0.5) is 0 Å². The molecule has 126 valence electrons. The molecule has 0 bridgehead atoms. The number of pyridine rings is 1. The van der Waals surface area contributed by atoms with Gasteiger partial charge in [-0.2, -0.15) is 0 Å². The molecule has 1 aliphatic heterocycles. The van der Waals surface area contributed by atoms with Gasteiger partial charge in [0, 0.05) is 0 Å². The molecule has 8 heteroatoms. The van der Waals surface area contributed by atoms with Gasteiger partial charge in [0.1, 0.15) is 5.69 Å². The lowest BCUT2D eigenvalue weighted by Crippen LogP contribution is -2.27. The summed E-state index contributed by atoms with van der Waals surface area (Å²) < 4.78 is 10.6. The topological polar surface area (TPSA) is 106 Å². The van der Waals surface area contributed by atoms with E-state index in [0.29, 0.717) is 22.4 Å². The number of aromatic amines is 1. The molecule has 2 aromatic heterocycles. The molecule has 0 spiro atoms. The van der Waals surface area contributed by atoms with Gasteiger partial charge in [0.05, 0.1) is 29.5 Å². The van der Waals surface area contributed by atoms with E-state index in [9.17, 15) is 9.59 Å². The second kappa shape index (κ2) is 5.90. The molecule has 0 saturated heterocycles. The van der Waals surface area contributed by atoms with Crippen LogP contribution in [0.2, 0.25) is 0 Å². The average molecular weight is 338 g/mol. The maximum Gasteiger partial charge on any atom is 0.270 e. The van der Waals surface area contributed by atoms with E-state index < -0.39 is 0 Å². The molecular weight excluding hydrogens is 324 g/mol. The van der Waals surface area contributed by atoms with Crippen molar-refractivity contribution in [1.82, 2.24) is 20.3 Å². The van der Waals surface area contributed by atoms with Crippen LogP contribution < -0.4 is 20.3 Å². The van der Waals surface area contributed by atoms with Crippen molar-refractivity contribution in [3.05, 3.63) is 58.4 Å². The van der Waals surface area contributed by atoms with Gasteiger partial charge in [-0.1, -0.05) is 6.07 Å². The Labute approximate surface area is 141 Å². The maximum absolute atomic E-state index is 12.5. The summed E-state index contributed by atoms with van der Waals surface area (Å²) in [5, 5.41) is 3.18. The highest BCUT2D eigenvalue weighted by atomic mass is 16.7. The molecule has 2 N–H and O–H groups in total. The van der Waals surface area contributed by atoms with E-state index in [2.05, 4.69) is 20.3 Å². The fourth-order valence-electron chi connectivity index (χ4n) is 2.63. The second-order valence-electron chi connectivity index (χ2n) is 5.63. The van der Waals surface area contributed by atoms with Crippen LogP contribution in [-0.2, 0) is 0 Å². The number of benzene rings is 1. The Morgan fingerprint density at radius 2 is 2.08 bits per heavy atom. The third-order valence-electron chi connectivity index (χ3n) is 4.00. The fraction of sp³-hybridized carbons (Fsp3) is 0.176. The number of fused-ring (bicyclic) bond motifs is 2. The first kappa shape index (κ1) is 15.1. The number of amides is 1. The van der Waals surface area contributed by atoms with Crippen LogP contribution in [0.3, 0.4) is 0 Å². The lowest BCUT2D eigenvalue weighted by Gasteiger charge is -2.14. The van der Waals surface area contributed by atoms with Crippen molar-refractivity contribution >= 4 is 16.8 Å². The molecule has 0 fully saturated rings. The molecule has 3 aromatic rings. The Morgan fingerprint density at radius 3 is 2.96 bits per heavy atom. The predicted octanol–water partition coefficient (Wildman–Crippen LogP) is 1.54. The lowest BCUT2D eigenvalue weighted by atomic mass is 10.1. The molecule has 1 aliphatic rings. The minimum absolute atomic E-state index is 0.151. The van der Waals surface area contributed by atoms with Gasteiger partial charge in [-0.15, -0.1) is 0 Å². The van der Waals surface area contributed by atoms with Crippen LogP contribution in [-0.4, -0.2) is 27.7 Å². The highest BCUT2D eigenvalue weighted by molar-refractivity contribution is 5.95. The monoisotopic (exact) mass is 338 g/mol. The summed E-state index contributed by atoms with van der Waals surface area (Å²) in [5.74, 6) is 0.959. The van der Waals surface area contributed by atoms with Crippen molar-refractivity contribution in [2.45, 2.75) is 13.0 Å². The quantitative estimate of drug-likeness (QED) is 0.750. The molecule has 1 unspecified atom stereocenters. The second-order valence-corrected chi connectivity index (χ2v) is 5.63. The first-order valence-electron chi connectivity index (χ1n) is 7.65. The van der Waals surface area contributed by atoms with Crippen LogP contribution in [0.15, 0.2) is 41.6 Å². The first-order chi connectivity index (χ1) is 12.1. The molecule has 0 radical (unpaired) electrons. The summed E-state index contributed by atoms with van der Waals surface area (Å²) in [6.07, 6.45) is 2.71. The molecule has 3 heterocycles. The van der Waals surface area contributed by atoms with Gasteiger partial charge in [0.2, 0.25) is 6.79 Å². The summed E-state index contributed by atoms with van der Waals surface area (Å²) in [6, 6.07) is 6.66. The Morgan fingerprint density at radius 1 is 1.24 bits per heavy atom. The molecule has 1 atom stereocenters. The van der Waals surface area contributed by atoms with Gasteiger partial charge in [-0.05, 0) is 30.7 Å². The summed E-state index contributed by atoms with van der Waals surface area (Å²) in [5.41, 5.74) is 1.14. The Bertz CT molecular complexity index is 1030. The Hall–Kier alpha value is -3.42. The standard InChI is InChI=1S/C17H14N4O4/c1-9(10-2-3-14-15(4-10)25-8-24-14)21-17(23)12-5-11-13(6-18-12)19-7-20-16(11)22/h2-7,9H,8H2,1H3,(H,21,23)(H,19,20,22). The fourth-order valence-corrected chi connectivity index (χ4v) is 2.63. The van der Waals surface area contributed by atoms with E-state index in [1.165, 1.54) is 18.6 Å². The molecule has 0 aliphatic carbocycles. The number of nitrogens with one attached hydrogen (secondary N) is 2. The van der Waals surface area contributed by atoms with Crippen LogP contribution in [0.25, 0.3) is 10.9 Å². The number of rotatable bonds is 3. The number of ether oxygens (including phenoxy) is 2. The number of nitrogens with zero attached hydrogens (tertiary/aromatic N) is 2. The summed E-state index contributed by atoms with van der Waals surface area (Å²) in [6.45, 7) is 2.05. The van der Waals surface area contributed by atoms with Crippen LogP contribution in [0, 0.1) is 0 Å². The van der Waals surface area contributed by atoms with Gasteiger partial charge in [-0.3, -0.25) is 9.59 Å². The molecule has 1 amide bonds. The number of hydrogen-bond donors (Lipinski definition) is 2. The van der Waals surface area contributed by atoms with Gasteiger partial charge in [0.25, 0.3) is 11.5 Å². The summed E-state index contributed by atoms with van der Waals surface area (Å²) in [7, 11) is 0. The zero-order chi connectivity index (χ0) is 17.4. The number of carbonyl (C=O) groups is 1. The van der Waals surface area contributed by atoms with Crippen LogP contribution >= 0.6 is 0 Å². The van der Waals surface area contributed by atoms with Crippen molar-refractivity contribution in [1.29, 1.82) is 0 Å². The highest BCUT2D eigenvalue weighted by Gasteiger charge is 2.18. The minimum Gasteiger partial charge on any atom is -0.454 e. The zero-order valence-corrected chi connectivity index (χ0v) is 13.3. The predicted molar refractivity (Wildman–Crippen MR) is 88.6 cm³/mol. The molecular formula is C17H14N4O4. The molecule has 25 heavy (non-hydrogen) atoms. The molecule has 0 saturated carbocycles. The van der Waals surface area contributed by atoms with Crippen molar-refractivity contribution in [3.63, 3.8) is 0 Å². The van der Waals surface area contributed by atoms with Crippen molar-refractivity contribution < 1.29 is 14.3 Å². The summed E-state index contributed by atoms with van der Waals surface area (Å²) in [4.78, 5) is 34.8. The van der Waals surface area contributed by atoms with E-state index in [1.807, 2.05) is 19.1 Å². The molecule has 8 nitrogen and oxygen atoms in total. The van der Waals surface area contributed by atoms with Crippen molar-refractivity contribution in [2.75, 3.05) is 6.79 Å². The lowest BCUT2D eigenvalue weighted by molar-refractivity contribution is 0.0935. The van der Waals surface area contributed by atoms with Gasteiger partial charge >= 0.3 is 0 Å². The van der Waals surface area contributed by atoms with E-state index in [1.54, 1.807) is 6.07 Å². The van der Waals surface area contributed by atoms with E-state index in [4.69, 9.17) is 9.47 Å². The number of aromatic nitrogens is 3. The van der Waals surface area contributed by atoms with E-state index >= 15 is 0 Å². The van der Waals surface area contributed by atoms with Gasteiger partial charge in [-0.25, -0.2) is 9.97 Å². The SMILES string of the molecule is CC(NC(=O)c1cc2c(=O)[nH]cnc2cn1)c1ccc2c(c1)OCO2. The maximum atomic E-state index is 12.5. The Balaban J connectivity index is 1.57. The zero-order valence-electron chi connectivity index (χ0n) is 13.3. The molecule has 1 aromatic carbocycles. The average Bonchev–Trinajstić information content (AvgIpc) is 3.09. The minimum atomic E-state index is -0.379. The van der Waals surface area contributed by atoms with Crippen LogP contribution in [0.1, 0.15) is 29.0 Å². The van der Waals surface area contributed by atoms with Gasteiger partial charge in [0.15, 0.2) is 11.5 Å². The van der Waals surface area contributed by atoms with Crippen molar-refractivity contribution in [3.8, 4) is 11.5 Å². The first-order valence-corrected chi connectivity index (χ1v) is 7.65. The largest absolute Gasteiger partial charge is 0.454 e. The van der Waals surface area contributed by atoms with Crippen molar-refractivity contribution in [2.24, 2.45) is 0 Å². The number of hydrogen-bond acceptors (Lipinski definition) is 6. The number of H-pyrrole nitrogens is 1. The molecule has 4 rings (SSSR count). The third-order valence-corrected chi connectivity index (χ3v) is 4.00. The smallest absolute Gasteiger partial charge is 0.270 e. The number of carbonyl (C=O) groups excluding carboxylic acids is 1. The highest BCUT2D eigenvalue weighted by Crippen LogP contribution is 2.34. The van der Waals surface area contributed by atoms with Crippen LogP contribution in [0.5, 0.6) is 11.5 Å². The Kier molecular flexibility index (Phi) is 3.57.